The number of alkyl halides is 3. The Morgan fingerprint density at radius 1 is 1.25 bits per heavy atom. The molecule has 0 spiro atoms. The molecule has 0 aliphatic carbocycles. The lowest BCUT2D eigenvalue weighted by Crippen LogP contribution is -2.39. The fourth-order valence-electron chi connectivity index (χ4n) is 1.40. The lowest BCUT2D eigenvalue weighted by Gasteiger charge is -2.15. The van der Waals surface area contributed by atoms with Gasteiger partial charge in [-0.1, -0.05) is 12.1 Å². The number of hydrogen-bond donors (Lipinski definition) is 2. The lowest BCUT2D eigenvalue weighted by atomic mass is 10.1. The highest BCUT2D eigenvalue weighted by atomic mass is 19.4. The number of halogens is 3. The van der Waals surface area contributed by atoms with E-state index in [1.807, 2.05) is 0 Å². The lowest BCUT2D eigenvalue weighted by molar-refractivity contribution is -0.138. The van der Waals surface area contributed by atoms with Gasteiger partial charge in [0.2, 0.25) is 0 Å². The molecule has 0 aliphatic heterocycles. The van der Waals surface area contributed by atoms with Gasteiger partial charge in [0.1, 0.15) is 6.54 Å². The van der Waals surface area contributed by atoms with Gasteiger partial charge < -0.3 is 15.3 Å². The van der Waals surface area contributed by atoms with E-state index in [0.717, 1.165) is 17.0 Å². The summed E-state index contributed by atoms with van der Waals surface area (Å²) < 4.78 is 37.0. The van der Waals surface area contributed by atoms with Gasteiger partial charge in [0.15, 0.2) is 0 Å². The van der Waals surface area contributed by atoms with Crippen molar-refractivity contribution in [3.05, 3.63) is 35.4 Å². The first-order valence-electron chi connectivity index (χ1n) is 5.57. The van der Waals surface area contributed by atoms with E-state index in [9.17, 15) is 22.8 Å². The number of benzene rings is 1. The fourth-order valence-corrected chi connectivity index (χ4v) is 1.40. The van der Waals surface area contributed by atoms with E-state index in [1.165, 1.54) is 19.2 Å². The van der Waals surface area contributed by atoms with Crippen molar-refractivity contribution in [3.63, 3.8) is 0 Å². The molecule has 0 aliphatic rings. The van der Waals surface area contributed by atoms with Gasteiger partial charge in [-0.15, -0.1) is 0 Å². The van der Waals surface area contributed by atoms with Gasteiger partial charge in [0, 0.05) is 13.6 Å². The largest absolute Gasteiger partial charge is 0.480 e. The highest BCUT2D eigenvalue weighted by molar-refractivity contribution is 5.79. The number of urea groups is 1. The zero-order valence-electron chi connectivity index (χ0n) is 10.6. The van der Waals surface area contributed by atoms with Crippen molar-refractivity contribution >= 4 is 12.0 Å². The van der Waals surface area contributed by atoms with Crippen LogP contribution in [0.1, 0.15) is 11.1 Å². The molecular formula is C12H13F3N2O3. The van der Waals surface area contributed by atoms with Crippen LogP contribution >= 0.6 is 0 Å². The third kappa shape index (κ3) is 4.79. The van der Waals surface area contributed by atoms with Gasteiger partial charge in [-0.3, -0.25) is 4.79 Å². The maximum atomic E-state index is 12.3. The number of nitrogens with one attached hydrogen (secondary N) is 1. The van der Waals surface area contributed by atoms with Gasteiger partial charge in [0.25, 0.3) is 0 Å². The number of rotatable bonds is 4. The minimum Gasteiger partial charge on any atom is -0.480 e. The Bertz CT molecular complexity index is 486. The quantitative estimate of drug-likeness (QED) is 0.890. The second-order valence-corrected chi connectivity index (χ2v) is 4.10. The number of hydrogen-bond acceptors (Lipinski definition) is 2. The maximum Gasteiger partial charge on any atom is 0.416 e. The number of nitrogens with zero attached hydrogens (tertiary/aromatic N) is 1. The van der Waals surface area contributed by atoms with Crippen LogP contribution in [0, 0.1) is 0 Å². The van der Waals surface area contributed by atoms with Crippen LogP contribution in [-0.2, 0) is 17.5 Å². The smallest absolute Gasteiger partial charge is 0.416 e. The maximum absolute atomic E-state index is 12.3. The van der Waals surface area contributed by atoms with E-state index in [1.54, 1.807) is 0 Å². The third-order valence-corrected chi connectivity index (χ3v) is 2.44. The Kier molecular flexibility index (Phi) is 4.95. The van der Waals surface area contributed by atoms with Crippen molar-refractivity contribution in [3.8, 4) is 0 Å². The molecule has 20 heavy (non-hydrogen) atoms. The normalized spacial score (nSPS) is 11.0. The summed E-state index contributed by atoms with van der Waals surface area (Å²) in [5.74, 6) is -1.16. The summed E-state index contributed by atoms with van der Waals surface area (Å²) in [6.07, 6.45) is -4.40. The first-order valence-corrected chi connectivity index (χ1v) is 5.57. The molecule has 1 rings (SSSR count). The zero-order valence-corrected chi connectivity index (χ0v) is 10.6. The van der Waals surface area contributed by atoms with Crippen molar-refractivity contribution in [1.82, 2.24) is 10.2 Å². The third-order valence-electron chi connectivity index (χ3n) is 2.44. The van der Waals surface area contributed by atoms with Crippen LogP contribution in [0.3, 0.4) is 0 Å². The topological polar surface area (TPSA) is 69.6 Å². The molecule has 0 bridgehead atoms. The van der Waals surface area contributed by atoms with E-state index >= 15 is 0 Å². The zero-order chi connectivity index (χ0) is 15.3. The van der Waals surface area contributed by atoms with Crippen LogP contribution < -0.4 is 5.32 Å². The molecule has 0 saturated carbocycles. The molecule has 2 amide bonds. The van der Waals surface area contributed by atoms with Crippen LogP contribution in [0.15, 0.2) is 24.3 Å². The molecule has 0 radical (unpaired) electrons. The van der Waals surface area contributed by atoms with Gasteiger partial charge in [0.05, 0.1) is 5.56 Å². The van der Waals surface area contributed by atoms with E-state index < -0.39 is 30.3 Å². The SMILES string of the molecule is CN(CC(=O)O)C(=O)NCc1ccc(C(F)(F)F)cc1. The Labute approximate surface area is 113 Å². The minimum absolute atomic E-state index is 0.0148. The first kappa shape index (κ1) is 15.8. The highest BCUT2D eigenvalue weighted by Gasteiger charge is 2.29. The molecule has 0 unspecified atom stereocenters. The summed E-state index contributed by atoms with van der Waals surface area (Å²) >= 11 is 0. The van der Waals surface area contributed by atoms with Crippen LogP contribution in [-0.4, -0.2) is 35.6 Å². The predicted molar refractivity (Wildman–Crippen MR) is 63.9 cm³/mol. The minimum atomic E-state index is -4.40. The van der Waals surface area contributed by atoms with Crippen LogP contribution in [0.25, 0.3) is 0 Å². The van der Waals surface area contributed by atoms with Gasteiger partial charge in [-0.2, -0.15) is 13.2 Å². The van der Waals surface area contributed by atoms with Crippen LogP contribution in [0.4, 0.5) is 18.0 Å². The Morgan fingerprint density at radius 3 is 2.25 bits per heavy atom. The van der Waals surface area contributed by atoms with Crippen LogP contribution in [0.5, 0.6) is 0 Å². The summed E-state index contributed by atoms with van der Waals surface area (Å²) in [6, 6.07) is 3.72. The molecule has 8 heteroatoms. The number of carboxylic acid groups (broad SMARTS) is 1. The average Bonchev–Trinajstić information content (AvgIpc) is 2.34. The fraction of sp³-hybridized carbons (Fsp3) is 0.333. The number of carbonyl (C=O) groups excluding carboxylic acids is 1. The highest BCUT2D eigenvalue weighted by Crippen LogP contribution is 2.28. The first-order chi connectivity index (χ1) is 9.20. The van der Waals surface area contributed by atoms with E-state index in [2.05, 4.69) is 5.32 Å². The number of carbonyl (C=O) groups is 2. The molecule has 5 nitrogen and oxygen atoms in total. The predicted octanol–water partition coefficient (Wildman–Crippen LogP) is 1.93. The summed E-state index contributed by atoms with van der Waals surface area (Å²) in [6.45, 7) is -0.445. The Balaban J connectivity index is 2.54. The van der Waals surface area contributed by atoms with Crippen molar-refractivity contribution in [2.45, 2.75) is 12.7 Å². The van der Waals surface area contributed by atoms with Gasteiger partial charge in [-0.25, -0.2) is 4.79 Å². The summed E-state index contributed by atoms with van der Waals surface area (Å²) in [5, 5.41) is 10.9. The van der Waals surface area contributed by atoms with Gasteiger partial charge >= 0.3 is 18.2 Å². The molecule has 110 valence electrons. The van der Waals surface area contributed by atoms with E-state index in [0.29, 0.717) is 5.56 Å². The average molecular weight is 290 g/mol. The number of amides is 2. The second-order valence-electron chi connectivity index (χ2n) is 4.10. The molecule has 0 aromatic heterocycles. The molecule has 0 saturated heterocycles. The molecule has 2 N–H and O–H groups in total. The van der Waals surface area contributed by atoms with Crippen molar-refractivity contribution in [1.29, 1.82) is 0 Å². The summed E-state index contributed by atoms with van der Waals surface area (Å²) in [5.41, 5.74) is -0.286. The van der Waals surface area contributed by atoms with E-state index in [-0.39, 0.29) is 6.54 Å². The Hall–Kier alpha value is -2.25. The van der Waals surface area contributed by atoms with Crippen molar-refractivity contribution in [2.75, 3.05) is 13.6 Å². The standard InChI is InChI=1S/C12H13F3N2O3/c1-17(7-10(18)19)11(20)16-6-8-2-4-9(5-3-8)12(13,14)15/h2-5H,6-7H2,1H3,(H,16,20)(H,18,19). The molecule has 1 aromatic carbocycles. The molecule has 0 fully saturated rings. The van der Waals surface area contributed by atoms with Gasteiger partial charge in [-0.05, 0) is 17.7 Å². The van der Waals surface area contributed by atoms with Crippen LogP contribution in [0.2, 0.25) is 0 Å². The summed E-state index contributed by atoms with van der Waals surface area (Å²) in [4.78, 5) is 22.8. The molecule has 0 heterocycles. The monoisotopic (exact) mass is 290 g/mol. The summed E-state index contributed by atoms with van der Waals surface area (Å²) in [7, 11) is 1.30. The van der Waals surface area contributed by atoms with E-state index in [4.69, 9.17) is 5.11 Å². The Morgan fingerprint density at radius 2 is 1.80 bits per heavy atom. The van der Waals surface area contributed by atoms with Crippen molar-refractivity contribution < 1.29 is 27.9 Å². The molecule has 1 aromatic rings. The number of likely N-dealkylation sites (N-methyl/N-ethyl adjacent to an activating group) is 1. The van der Waals surface area contributed by atoms with Crippen molar-refractivity contribution in [2.24, 2.45) is 0 Å². The molecular weight excluding hydrogens is 277 g/mol. The molecule has 0 atom stereocenters. The number of aliphatic carboxylic acids is 1. The second kappa shape index (κ2) is 6.27. The number of carboxylic acids is 1.